The molecule has 8 nitrogen and oxygen atoms in total. The highest BCUT2D eigenvalue weighted by atomic mass is 35.5. The topological polar surface area (TPSA) is 131 Å². The van der Waals surface area contributed by atoms with Gasteiger partial charge in [0.05, 0.1) is 10.9 Å². The Morgan fingerprint density at radius 2 is 1.62 bits per heavy atom. The van der Waals surface area contributed by atoms with E-state index in [-0.39, 0.29) is 61.8 Å². The van der Waals surface area contributed by atoms with Crippen LogP contribution >= 0.6 is 37.2 Å². The fraction of sp³-hybridized carbons (Fsp3) is 0.353. The maximum atomic E-state index is 12.7. The summed E-state index contributed by atoms with van der Waals surface area (Å²) in [6.07, 6.45) is 0. The Balaban J connectivity index is 0. The molecule has 2 rings (SSSR count). The number of nitrogens with zero attached hydrogens (tertiary/aromatic N) is 1. The van der Waals surface area contributed by atoms with Crippen LogP contribution in [0.25, 0.3) is 10.8 Å². The van der Waals surface area contributed by atoms with E-state index in [2.05, 4.69) is 10.0 Å². The molecule has 0 aliphatic rings. The van der Waals surface area contributed by atoms with Crippen LogP contribution in [0, 0.1) is 0 Å². The SMILES string of the molecule is CN(C)c1cccc2c(S(=O)(=O)NCCNC(=O)[C@@H](N)CN)cccc12.Cl.Cl.Cl. The molecule has 0 saturated heterocycles. The standard InChI is InChI=1S/C17H25N5O3S.3ClH/c1-22(2)15-7-3-6-13-12(15)5-4-8-16(13)26(24,25)21-10-9-20-17(23)14(19)11-18;;;/h3-8,14,21H,9-11,18-19H2,1-2H3,(H,20,23);3*1H/t14-;;;/m0.../s1. The zero-order valence-electron chi connectivity index (χ0n) is 16.1. The summed E-state index contributed by atoms with van der Waals surface area (Å²) < 4.78 is 27.9. The van der Waals surface area contributed by atoms with E-state index < -0.39 is 22.0 Å². The minimum atomic E-state index is -3.73. The molecule has 0 bridgehead atoms. The Morgan fingerprint density at radius 1 is 1.03 bits per heavy atom. The van der Waals surface area contributed by atoms with E-state index >= 15 is 0 Å². The zero-order chi connectivity index (χ0) is 19.3. The maximum absolute atomic E-state index is 12.7. The van der Waals surface area contributed by atoms with Crippen LogP contribution in [0.4, 0.5) is 5.69 Å². The van der Waals surface area contributed by atoms with Crippen molar-refractivity contribution in [2.24, 2.45) is 11.5 Å². The Hall–Kier alpha value is -1.33. The second kappa shape index (κ2) is 13.1. The normalized spacial score (nSPS) is 11.4. The number of halogens is 3. The summed E-state index contributed by atoms with van der Waals surface area (Å²) in [6.45, 7) is 0.205. The van der Waals surface area contributed by atoms with Gasteiger partial charge >= 0.3 is 0 Å². The average Bonchev–Trinajstić information content (AvgIpc) is 2.63. The molecular weight excluding hydrogens is 461 g/mol. The van der Waals surface area contributed by atoms with Crippen LogP contribution in [0.3, 0.4) is 0 Å². The van der Waals surface area contributed by atoms with Crippen molar-refractivity contribution in [2.75, 3.05) is 38.6 Å². The number of anilines is 1. The Morgan fingerprint density at radius 3 is 2.21 bits per heavy atom. The third-order valence-electron chi connectivity index (χ3n) is 3.94. The third kappa shape index (κ3) is 7.45. The summed E-state index contributed by atoms with van der Waals surface area (Å²) in [4.78, 5) is 13.7. The summed E-state index contributed by atoms with van der Waals surface area (Å²) in [7, 11) is 0.0825. The van der Waals surface area contributed by atoms with Crippen LogP contribution in [-0.2, 0) is 14.8 Å². The molecule has 0 heterocycles. The third-order valence-corrected chi connectivity index (χ3v) is 5.46. The Kier molecular flexibility index (Phi) is 13.5. The molecule has 2 aromatic rings. The maximum Gasteiger partial charge on any atom is 0.241 e. The molecule has 1 amide bonds. The number of nitrogens with one attached hydrogen (secondary N) is 2. The fourth-order valence-corrected chi connectivity index (χ4v) is 3.83. The molecule has 166 valence electrons. The first-order valence-corrected chi connectivity index (χ1v) is 9.68. The lowest BCUT2D eigenvalue weighted by Crippen LogP contribution is -2.47. The van der Waals surface area contributed by atoms with Crippen molar-refractivity contribution in [3.05, 3.63) is 36.4 Å². The van der Waals surface area contributed by atoms with E-state index in [0.717, 1.165) is 11.1 Å². The predicted octanol–water partition coefficient (Wildman–Crippen LogP) is 0.852. The summed E-state index contributed by atoms with van der Waals surface area (Å²) >= 11 is 0. The van der Waals surface area contributed by atoms with Crippen LogP contribution in [0.15, 0.2) is 41.3 Å². The number of nitrogens with two attached hydrogens (primary N) is 2. The van der Waals surface area contributed by atoms with Gasteiger partial charge in [0.2, 0.25) is 15.9 Å². The summed E-state index contributed by atoms with van der Waals surface area (Å²) in [5.41, 5.74) is 11.7. The highest BCUT2D eigenvalue weighted by Crippen LogP contribution is 2.29. The molecule has 0 spiro atoms. The molecule has 12 heteroatoms. The van der Waals surface area contributed by atoms with Crippen molar-refractivity contribution in [2.45, 2.75) is 10.9 Å². The van der Waals surface area contributed by atoms with Gasteiger partial charge in [0, 0.05) is 50.2 Å². The first kappa shape index (κ1) is 29.9. The smallest absolute Gasteiger partial charge is 0.241 e. The predicted molar refractivity (Wildman–Crippen MR) is 125 cm³/mol. The highest BCUT2D eigenvalue weighted by Gasteiger charge is 2.18. The first-order valence-electron chi connectivity index (χ1n) is 8.20. The van der Waals surface area contributed by atoms with Crippen LogP contribution in [0.5, 0.6) is 0 Å². The minimum Gasteiger partial charge on any atom is -0.377 e. The van der Waals surface area contributed by atoms with E-state index in [4.69, 9.17) is 11.5 Å². The van der Waals surface area contributed by atoms with Crippen LogP contribution in [0.1, 0.15) is 0 Å². The number of carbonyl (C=O) groups excluding carboxylic acids is 1. The molecule has 0 fully saturated rings. The summed E-state index contributed by atoms with van der Waals surface area (Å²) in [6, 6.07) is 9.90. The Labute approximate surface area is 190 Å². The van der Waals surface area contributed by atoms with Gasteiger partial charge in [-0.2, -0.15) is 0 Å². The van der Waals surface area contributed by atoms with Crippen LogP contribution in [-0.4, -0.2) is 54.1 Å². The molecule has 1 atom stereocenters. The van der Waals surface area contributed by atoms with Crippen LogP contribution < -0.4 is 26.4 Å². The van der Waals surface area contributed by atoms with Gasteiger partial charge in [0.15, 0.2) is 0 Å². The number of carbonyl (C=O) groups is 1. The molecule has 2 aromatic carbocycles. The average molecular weight is 489 g/mol. The second-order valence-corrected chi connectivity index (χ2v) is 7.79. The zero-order valence-corrected chi connectivity index (χ0v) is 19.4. The molecule has 29 heavy (non-hydrogen) atoms. The minimum absolute atomic E-state index is 0. The monoisotopic (exact) mass is 487 g/mol. The van der Waals surface area contributed by atoms with E-state index in [0.29, 0.717) is 5.39 Å². The van der Waals surface area contributed by atoms with Crippen molar-refractivity contribution in [1.82, 2.24) is 10.0 Å². The van der Waals surface area contributed by atoms with E-state index in [1.165, 1.54) is 0 Å². The van der Waals surface area contributed by atoms with Gasteiger partial charge in [-0.3, -0.25) is 4.79 Å². The molecule has 0 radical (unpaired) electrons. The van der Waals surface area contributed by atoms with Gasteiger partial charge in [-0.25, -0.2) is 13.1 Å². The number of hydrogen-bond donors (Lipinski definition) is 4. The van der Waals surface area contributed by atoms with Gasteiger partial charge in [0.25, 0.3) is 0 Å². The number of hydrogen-bond acceptors (Lipinski definition) is 6. The summed E-state index contributed by atoms with van der Waals surface area (Å²) in [5, 5.41) is 4.03. The van der Waals surface area contributed by atoms with Crippen molar-refractivity contribution in [3.8, 4) is 0 Å². The molecular formula is C17H28Cl3N5O3S. The molecule has 0 unspecified atom stereocenters. The van der Waals surface area contributed by atoms with Crippen molar-refractivity contribution in [3.63, 3.8) is 0 Å². The lowest BCUT2D eigenvalue weighted by atomic mass is 10.1. The molecule has 0 aliphatic carbocycles. The van der Waals surface area contributed by atoms with Gasteiger partial charge in [-0.15, -0.1) is 37.2 Å². The summed E-state index contributed by atoms with van der Waals surface area (Å²) in [5.74, 6) is -0.410. The van der Waals surface area contributed by atoms with E-state index in [1.54, 1.807) is 18.2 Å². The van der Waals surface area contributed by atoms with Gasteiger partial charge in [-0.1, -0.05) is 24.3 Å². The fourth-order valence-electron chi connectivity index (χ4n) is 2.58. The van der Waals surface area contributed by atoms with Gasteiger partial charge < -0.3 is 21.7 Å². The number of rotatable bonds is 8. The van der Waals surface area contributed by atoms with Gasteiger partial charge in [-0.05, 0) is 12.1 Å². The van der Waals surface area contributed by atoms with Gasteiger partial charge in [0.1, 0.15) is 0 Å². The van der Waals surface area contributed by atoms with E-state index in [9.17, 15) is 13.2 Å². The van der Waals surface area contributed by atoms with Crippen LogP contribution in [0.2, 0.25) is 0 Å². The molecule has 0 aliphatic heterocycles. The largest absolute Gasteiger partial charge is 0.377 e. The number of benzene rings is 2. The molecule has 6 N–H and O–H groups in total. The molecule has 0 aromatic heterocycles. The lowest BCUT2D eigenvalue weighted by Gasteiger charge is -2.17. The number of sulfonamides is 1. The first-order chi connectivity index (χ1) is 12.3. The highest BCUT2D eigenvalue weighted by molar-refractivity contribution is 7.89. The van der Waals surface area contributed by atoms with Crippen molar-refractivity contribution in [1.29, 1.82) is 0 Å². The van der Waals surface area contributed by atoms with E-state index in [1.807, 2.05) is 37.2 Å². The van der Waals surface area contributed by atoms with Crippen molar-refractivity contribution >= 4 is 69.6 Å². The number of amides is 1. The Bertz CT molecular complexity index is 897. The molecule has 0 saturated carbocycles. The lowest BCUT2D eigenvalue weighted by molar-refractivity contribution is -0.122. The second-order valence-electron chi connectivity index (χ2n) is 6.05. The van der Waals surface area contributed by atoms with Crippen molar-refractivity contribution < 1.29 is 13.2 Å². The quantitative estimate of drug-likeness (QED) is 0.408. The number of fused-ring (bicyclic) bond motifs is 1.